The van der Waals surface area contributed by atoms with Gasteiger partial charge in [0.15, 0.2) is 0 Å². The molecule has 6 nitrogen and oxygen atoms in total. The molecular weight excluding hydrogens is 280 g/mol. The van der Waals surface area contributed by atoms with Gasteiger partial charge in [0, 0.05) is 23.5 Å². The van der Waals surface area contributed by atoms with Crippen LogP contribution in [-0.4, -0.2) is 20.8 Å². The molecule has 6 heteroatoms. The number of anilines is 1. The summed E-state index contributed by atoms with van der Waals surface area (Å²) in [4.78, 5) is 12.2. The Morgan fingerprint density at radius 2 is 2.09 bits per heavy atom. The number of aryl methyl sites for hydroxylation is 2. The maximum absolute atomic E-state index is 12.2. The molecule has 2 aliphatic rings. The van der Waals surface area contributed by atoms with Crippen molar-refractivity contribution < 1.29 is 9.32 Å². The van der Waals surface area contributed by atoms with Crippen molar-refractivity contribution >= 4 is 11.7 Å². The largest absolute Gasteiger partial charge is 0.361 e. The van der Waals surface area contributed by atoms with Crippen LogP contribution in [-0.2, 0) is 4.79 Å². The standard InChI is InChI=1S/C16H20N4O2/c1-9-15(10(2)22-19-9)12-7-14(21)18-16-13(12)8-17-20(16)11-5-3-4-6-11/h8,11-12H,3-7H2,1-2H3,(H,18,21)/t12-/m0/s1. The zero-order valence-corrected chi connectivity index (χ0v) is 12.9. The highest BCUT2D eigenvalue weighted by Gasteiger charge is 2.35. The highest BCUT2D eigenvalue weighted by molar-refractivity contribution is 5.94. The molecular formula is C16H20N4O2. The van der Waals surface area contributed by atoms with E-state index >= 15 is 0 Å². The van der Waals surface area contributed by atoms with Crippen LogP contribution in [0.4, 0.5) is 5.82 Å². The molecule has 3 heterocycles. The summed E-state index contributed by atoms with van der Waals surface area (Å²) in [7, 11) is 0. The highest BCUT2D eigenvalue weighted by atomic mass is 16.5. The fourth-order valence-corrected chi connectivity index (χ4v) is 3.91. The lowest BCUT2D eigenvalue weighted by molar-refractivity contribution is -0.116. The molecule has 0 spiro atoms. The van der Waals surface area contributed by atoms with Crippen LogP contribution in [0.25, 0.3) is 0 Å². The molecule has 0 saturated heterocycles. The molecule has 0 bridgehead atoms. The third-order valence-corrected chi connectivity index (χ3v) is 4.95. The van der Waals surface area contributed by atoms with Crippen molar-refractivity contribution in [3.8, 4) is 0 Å². The van der Waals surface area contributed by atoms with Crippen molar-refractivity contribution in [1.82, 2.24) is 14.9 Å². The van der Waals surface area contributed by atoms with E-state index in [4.69, 9.17) is 4.52 Å². The third-order valence-electron chi connectivity index (χ3n) is 4.95. The third kappa shape index (κ3) is 1.97. The van der Waals surface area contributed by atoms with Crippen molar-refractivity contribution in [1.29, 1.82) is 0 Å². The van der Waals surface area contributed by atoms with E-state index in [0.717, 1.165) is 41.2 Å². The van der Waals surface area contributed by atoms with E-state index < -0.39 is 0 Å². The van der Waals surface area contributed by atoms with Crippen molar-refractivity contribution in [2.24, 2.45) is 0 Å². The Labute approximate surface area is 128 Å². The fourth-order valence-electron chi connectivity index (χ4n) is 3.91. The molecule has 1 N–H and O–H groups in total. The Balaban J connectivity index is 1.80. The average molecular weight is 300 g/mol. The van der Waals surface area contributed by atoms with Crippen LogP contribution < -0.4 is 5.32 Å². The second kappa shape index (κ2) is 4.97. The van der Waals surface area contributed by atoms with Crippen LogP contribution in [0.1, 0.15) is 66.6 Å². The Hall–Kier alpha value is -2.11. The van der Waals surface area contributed by atoms with Crippen LogP contribution in [0.3, 0.4) is 0 Å². The van der Waals surface area contributed by atoms with E-state index in [1.165, 1.54) is 12.8 Å². The Morgan fingerprint density at radius 3 is 2.77 bits per heavy atom. The summed E-state index contributed by atoms with van der Waals surface area (Å²) < 4.78 is 7.31. The smallest absolute Gasteiger partial charge is 0.226 e. The van der Waals surface area contributed by atoms with Gasteiger partial charge in [0.25, 0.3) is 0 Å². The predicted octanol–water partition coefficient (Wildman–Crippen LogP) is 3.08. The van der Waals surface area contributed by atoms with Crippen LogP contribution in [0.5, 0.6) is 0 Å². The van der Waals surface area contributed by atoms with Gasteiger partial charge in [-0.05, 0) is 26.7 Å². The minimum atomic E-state index is -0.00912. The van der Waals surface area contributed by atoms with Crippen molar-refractivity contribution in [2.75, 3.05) is 5.32 Å². The molecule has 1 aliphatic carbocycles. The summed E-state index contributed by atoms with van der Waals surface area (Å²) in [5.41, 5.74) is 2.97. The highest BCUT2D eigenvalue weighted by Crippen LogP contribution is 2.42. The van der Waals surface area contributed by atoms with Gasteiger partial charge in [0.2, 0.25) is 5.91 Å². The Morgan fingerprint density at radius 1 is 1.32 bits per heavy atom. The number of hydrogen-bond acceptors (Lipinski definition) is 4. The van der Waals surface area contributed by atoms with Gasteiger partial charge in [-0.15, -0.1) is 0 Å². The minimum Gasteiger partial charge on any atom is -0.361 e. The molecule has 1 atom stereocenters. The normalized spacial score (nSPS) is 21.9. The summed E-state index contributed by atoms with van der Waals surface area (Å²) in [6, 6.07) is 0.410. The summed E-state index contributed by atoms with van der Waals surface area (Å²) >= 11 is 0. The van der Waals surface area contributed by atoms with Gasteiger partial charge in [0.1, 0.15) is 11.6 Å². The zero-order valence-electron chi connectivity index (χ0n) is 12.9. The molecule has 0 unspecified atom stereocenters. The molecule has 1 saturated carbocycles. The number of hydrogen-bond donors (Lipinski definition) is 1. The maximum Gasteiger partial charge on any atom is 0.226 e. The van der Waals surface area contributed by atoms with Gasteiger partial charge < -0.3 is 9.84 Å². The molecule has 0 aromatic carbocycles. The van der Waals surface area contributed by atoms with Gasteiger partial charge in [-0.3, -0.25) is 4.79 Å². The number of rotatable bonds is 2. The molecule has 22 heavy (non-hydrogen) atoms. The van der Waals surface area contributed by atoms with E-state index in [1.54, 1.807) is 0 Å². The van der Waals surface area contributed by atoms with Crippen molar-refractivity contribution in [2.45, 2.75) is 57.9 Å². The number of nitrogens with zero attached hydrogens (tertiary/aromatic N) is 3. The van der Waals surface area contributed by atoms with E-state index in [-0.39, 0.29) is 11.8 Å². The molecule has 2 aromatic rings. The van der Waals surface area contributed by atoms with Gasteiger partial charge in [-0.1, -0.05) is 18.0 Å². The second-order valence-electron chi connectivity index (χ2n) is 6.37. The monoisotopic (exact) mass is 300 g/mol. The van der Waals surface area contributed by atoms with Gasteiger partial charge in [-0.25, -0.2) is 4.68 Å². The second-order valence-corrected chi connectivity index (χ2v) is 6.37. The molecule has 0 radical (unpaired) electrons. The van der Waals surface area contributed by atoms with Crippen molar-refractivity contribution in [3.63, 3.8) is 0 Å². The van der Waals surface area contributed by atoms with Crippen LogP contribution in [0.2, 0.25) is 0 Å². The van der Waals surface area contributed by atoms with E-state index in [1.807, 2.05) is 24.7 Å². The number of carbonyl (C=O) groups excluding carboxylic acids is 1. The molecule has 1 fully saturated rings. The quantitative estimate of drug-likeness (QED) is 0.925. The Kier molecular flexibility index (Phi) is 3.06. The van der Waals surface area contributed by atoms with Crippen LogP contribution >= 0.6 is 0 Å². The SMILES string of the molecule is Cc1noc(C)c1[C@H]1CC(=O)Nc2c1cnn2C1CCCC1. The van der Waals surface area contributed by atoms with Gasteiger partial charge in [-0.2, -0.15) is 5.10 Å². The fraction of sp³-hybridized carbons (Fsp3) is 0.562. The van der Waals surface area contributed by atoms with E-state index in [2.05, 4.69) is 15.6 Å². The maximum atomic E-state index is 12.2. The molecule has 116 valence electrons. The first-order valence-electron chi connectivity index (χ1n) is 7.95. The van der Waals surface area contributed by atoms with E-state index in [9.17, 15) is 4.79 Å². The average Bonchev–Trinajstić information content (AvgIpc) is 3.18. The minimum absolute atomic E-state index is 0.00912. The summed E-state index contributed by atoms with van der Waals surface area (Å²) in [5.74, 6) is 1.69. The van der Waals surface area contributed by atoms with Crippen LogP contribution in [0, 0.1) is 13.8 Å². The lowest BCUT2D eigenvalue weighted by Gasteiger charge is -2.24. The van der Waals surface area contributed by atoms with E-state index in [0.29, 0.717) is 12.5 Å². The lowest BCUT2D eigenvalue weighted by Crippen LogP contribution is -2.26. The Bertz CT molecular complexity index is 705. The summed E-state index contributed by atoms with van der Waals surface area (Å²) in [5, 5.41) is 11.7. The topological polar surface area (TPSA) is 73.0 Å². The van der Waals surface area contributed by atoms with Crippen molar-refractivity contribution in [3.05, 3.63) is 28.8 Å². The molecule has 1 aliphatic heterocycles. The first-order valence-corrected chi connectivity index (χ1v) is 7.95. The lowest BCUT2D eigenvalue weighted by atomic mass is 9.86. The molecule has 1 amide bonds. The number of amides is 1. The summed E-state index contributed by atoms with van der Waals surface area (Å²) in [6.07, 6.45) is 7.08. The number of aromatic nitrogens is 3. The van der Waals surface area contributed by atoms with Crippen LogP contribution in [0.15, 0.2) is 10.7 Å². The van der Waals surface area contributed by atoms with Gasteiger partial charge in [0.05, 0.1) is 17.9 Å². The zero-order chi connectivity index (χ0) is 15.3. The molecule has 2 aromatic heterocycles. The summed E-state index contributed by atoms with van der Waals surface area (Å²) in [6.45, 7) is 3.84. The molecule has 4 rings (SSSR count). The first kappa shape index (κ1) is 13.5. The first-order chi connectivity index (χ1) is 10.6. The number of fused-ring (bicyclic) bond motifs is 1. The number of carbonyl (C=O) groups is 1. The van der Waals surface area contributed by atoms with Gasteiger partial charge >= 0.3 is 0 Å². The predicted molar refractivity (Wildman–Crippen MR) is 80.8 cm³/mol. The number of nitrogens with one attached hydrogen (secondary N) is 1.